The van der Waals surface area contributed by atoms with Crippen molar-refractivity contribution in [2.24, 2.45) is 0 Å². The molecule has 0 spiro atoms. The molecule has 1 aliphatic heterocycles. The summed E-state index contributed by atoms with van der Waals surface area (Å²) in [6.45, 7) is 1.48. The van der Waals surface area contributed by atoms with Gasteiger partial charge in [0, 0.05) is 25.1 Å². The lowest BCUT2D eigenvalue weighted by atomic mass is 10.1. The van der Waals surface area contributed by atoms with Crippen molar-refractivity contribution < 1.29 is 9.53 Å². The Balaban J connectivity index is 1.87. The van der Waals surface area contributed by atoms with Crippen molar-refractivity contribution in [3.63, 3.8) is 0 Å². The van der Waals surface area contributed by atoms with Crippen LogP contribution in [-0.4, -0.2) is 50.7 Å². The molecule has 0 bridgehead atoms. The molecule has 7 heteroatoms. The van der Waals surface area contributed by atoms with E-state index in [1.807, 2.05) is 6.07 Å². The van der Waals surface area contributed by atoms with Crippen LogP contribution in [0.3, 0.4) is 0 Å². The largest absolute Gasteiger partial charge is 0.377 e. The van der Waals surface area contributed by atoms with Crippen LogP contribution >= 0.6 is 0 Å². The summed E-state index contributed by atoms with van der Waals surface area (Å²) < 4.78 is 5.44. The lowest BCUT2D eigenvalue weighted by Crippen LogP contribution is -2.44. The monoisotopic (exact) mass is 259 g/mol. The van der Waals surface area contributed by atoms with Crippen LogP contribution in [0.25, 0.3) is 0 Å². The Morgan fingerprint density at radius 3 is 2.95 bits per heavy atom. The van der Waals surface area contributed by atoms with Gasteiger partial charge in [-0.15, -0.1) is 0 Å². The fraction of sp³-hybridized carbons (Fsp3) is 0.333. The molecule has 1 fully saturated rings. The molecule has 1 atom stereocenters. The van der Waals surface area contributed by atoms with Crippen molar-refractivity contribution in [3.8, 4) is 0 Å². The molecule has 0 saturated carbocycles. The third-order valence-corrected chi connectivity index (χ3v) is 3.03. The van der Waals surface area contributed by atoms with Gasteiger partial charge in [-0.05, 0) is 12.1 Å². The minimum Gasteiger partial charge on any atom is -0.377 e. The number of aromatic nitrogens is 4. The summed E-state index contributed by atoms with van der Waals surface area (Å²) in [7, 11) is 0. The normalized spacial score (nSPS) is 19.4. The number of carbonyl (C=O) groups is 1. The Bertz CT molecular complexity index is 543. The molecule has 1 saturated heterocycles. The molecule has 3 rings (SSSR count). The second kappa shape index (κ2) is 5.15. The highest BCUT2D eigenvalue weighted by molar-refractivity contribution is 5.90. The summed E-state index contributed by atoms with van der Waals surface area (Å²) in [5.74, 6) is 0.0115. The van der Waals surface area contributed by atoms with Gasteiger partial charge >= 0.3 is 0 Å². The molecule has 3 heterocycles. The second-order valence-electron chi connectivity index (χ2n) is 4.17. The first-order valence-electron chi connectivity index (χ1n) is 6.01. The number of hydrogen-bond acceptors (Lipinski definition) is 5. The van der Waals surface area contributed by atoms with Gasteiger partial charge in [0.1, 0.15) is 0 Å². The average Bonchev–Trinajstić information content (AvgIpc) is 3.01. The van der Waals surface area contributed by atoms with Gasteiger partial charge in [-0.2, -0.15) is 5.10 Å². The number of nitrogens with zero attached hydrogens (tertiary/aromatic N) is 4. The van der Waals surface area contributed by atoms with E-state index in [0.717, 1.165) is 5.69 Å². The number of nitrogens with one attached hydrogen (secondary N) is 1. The Morgan fingerprint density at radius 1 is 1.37 bits per heavy atom. The van der Waals surface area contributed by atoms with Gasteiger partial charge in [0.15, 0.2) is 0 Å². The quantitative estimate of drug-likeness (QED) is 0.844. The van der Waals surface area contributed by atoms with E-state index in [1.165, 1.54) is 0 Å². The number of rotatable bonds is 2. The molecule has 19 heavy (non-hydrogen) atoms. The van der Waals surface area contributed by atoms with E-state index >= 15 is 0 Å². The van der Waals surface area contributed by atoms with Gasteiger partial charge in [-0.25, -0.2) is 9.97 Å². The average molecular weight is 259 g/mol. The molecule has 0 radical (unpaired) electrons. The van der Waals surface area contributed by atoms with E-state index < -0.39 is 0 Å². The standard InChI is InChI=1S/C12H13N5O2/c18-12(11-13-3-1-4-14-11)17-6-7-19-8-10(17)9-2-5-15-16-9/h1-5,10H,6-8H2,(H,15,16)/t10-/m0/s1. The summed E-state index contributed by atoms with van der Waals surface area (Å²) in [5.41, 5.74) is 0.851. The van der Waals surface area contributed by atoms with E-state index in [0.29, 0.717) is 19.8 Å². The minimum absolute atomic E-state index is 0.174. The summed E-state index contributed by atoms with van der Waals surface area (Å²) in [5, 5.41) is 6.79. The zero-order valence-electron chi connectivity index (χ0n) is 10.2. The third kappa shape index (κ3) is 2.32. The summed E-state index contributed by atoms with van der Waals surface area (Å²) in [6.07, 6.45) is 4.78. The Morgan fingerprint density at radius 2 is 2.21 bits per heavy atom. The molecule has 0 aromatic carbocycles. The summed E-state index contributed by atoms with van der Waals surface area (Å²) in [4.78, 5) is 22.1. The highest BCUT2D eigenvalue weighted by Crippen LogP contribution is 2.23. The van der Waals surface area contributed by atoms with Crippen molar-refractivity contribution in [2.45, 2.75) is 6.04 Å². The molecule has 1 N–H and O–H groups in total. The third-order valence-electron chi connectivity index (χ3n) is 3.03. The van der Waals surface area contributed by atoms with Gasteiger partial charge in [-0.3, -0.25) is 9.89 Å². The first-order valence-corrected chi connectivity index (χ1v) is 6.01. The SMILES string of the molecule is O=C(c1ncccn1)N1CCOC[C@H]1c1ccn[nH]1. The lowest BCUT2D eigenvalue weighted by molar-refractivity contribution is -0.00455. The highest BCUT2D eigenvalue weighted by atomic mass is 16.5. The zero-order valence-corrected chi connectivity index (χ0v) is 10.2. The van der Waals surface area contributed by atoms with Gasteiger partial charge < -0.3 is 9.64 Å². The van der Waals surface area contributed by atoms with Gasteiger partial charge in [-0.1, -0.05) is 0 Å². The molecule has 1 aliphatic rings. The smallest absolute Gasteiger partial charge is 0.292 e. The van der Waals surface area contributed by atoms with Gasteiger partial charge in [0.25, 0.3) is 5.91 Å². The van der Waals surface area contributed by atoms with Crippen LogP contribution in [0.2, 0.25) is 0 Å². The number of hydrogen-bond donors (Lipinski definition) is 1. The maximum absolute atomic E-state index is 12.4. The van der Waals surface area contributed by atoms with Crippen molar-refractivity contribution in [1.29, 1.82) is 0 Å². The fourth-order valence-electron chi connectivity index (χ4n) is 2.09. The molecule has 7 nitrogen and oxygen atoms in total. The van der Waals surface area contributed by atoms with Crippen LogP contribution in [0.5, 0.6) is 0 Å². The second-order valence-corrected chi connectivity index (χ2v) is 4.17. The topological polar surface area (TPSA) is 84.0 Å². The molecular formula is C12H13N5O2. The number of H-pyrrole nitrogens is 1. The van der Waals surface area contributed by atoms with Crippen molar-refractivity contribution in [2.75, 3.05) is 19.8 Å². The first kappa shape index (κ1) is 11.8. The number of aromatic amines is 1. The molecule has 98 valence electrons. The maximum Gasteiger partial charge on any atom is 0.292 e. The fourth-order valence-corrected chi connectivity index (χ4v) is 2.09. The predicted octanol–water partition coefficient (Wildman–Crippen LogP) is 0.413. The predicted molar refractivity (Wildman–Crippen MR) is 65.2 cm³/mol. The molecule has 2 aromatic rings. The van der Waals surface area contributed by atoms with Crippen molar-refractivity contribution in [3.05, 3.63) is 42.2 Å². The van der Waals surface area contributed by atoms with Crippen molar-refractivity contribution in [1.82, 2.24) is 25.1 Å². The van der Waals surface area contributed by atoms with Crippen molar-refractivity contribution >= 4 is 5.91 Å². The summed E-state index contributed by atoms with van der Waals surface area (Å²) >= 11 is 0. The minimum atomic E-state index is -0.191. The molecule has 1 amide bonds. The van der Waals surface area contributed by atoms with Crippen LogP contribution in [0, 0.1) is 0 Å². The molecule has 2 aromatic heterocycles. The van der Waals surface area contributed by atoms with E-state index in [9.17, 15) is 4.79 Å². The lowest BCUT2D eigenvalue weighted by Gasteiger charge is -2.34. The number of carbonyl (C=O) groups excluding carboxylic acids is 1. The van der Waals surface area contributed by atoms with Gasteiger partial charge in [0.05, 0.1) is 24.9 Å². The highest BCUT2D eigenvalue weighted by Gasteiger charge is 2.31. The van der Waals surface area contributed by atoms with Crippen LogP contribution < -0.4 is 0 Å². The van der Waals surface area contributed by atoms with Gasteiger partial charge in [0.2, 0.25) is 5.82 Å². The maximum atomic E-state index is 12.4. The number of ether oxygens (including phenoxy) is 1. The van der Waals surface area contributed by atoms with Crippen LogP contribution in [0.4, 0.5) is 0 Å². The molecular weight excluding hydrogens is 246 g/mol. The first-order chi connectivity index (χ1) is 9.36. The van der Waals surface area contributed by atoms with E-state index in [1.54, 1.807) is 29.6 Å². The van der Waals surface area contributed by atoms with E-state index in [-0.39, 0.29) is 17.8 Å². The molecule has 0 aliphatic carbocycles. The van der Waals surface area contributed by atoms with E-state index in [2.05, 4.69) is 20.2 Å². The van der Waals surface area contributed by atoms with E-state index in [4.69, 9.17) is 4.74 Å². The van der Waals surface area contributed by atoms with Crippen LogP contribution in [0.1, 0.15) is 22.4 Å². The summed E-state index contributed by atoms with van der Waals surface area (Å²) in [6, 6.07) is 3.35. The Kier molecular flexibility index (Phi) is 3.20. The van der Waals surface area contributed by atoms with Crippen LogP contribution in [-0.2, 0) is 4.74 Å². The Hall–Kier alpha value is -2.28. The zero-order chi connectivity index (χ0) is 13.1. The molecule has 0 unspecified atom stereocenters. The number of amides is 1. The Labute approximate surface area is 109 Å². The number of morpholine rings is 1. The van der Waals surface area contributed by atoms with Crippen LogP contribution in [0.15, 0.2) is 30.7 Å².